The first-order valence-electron chi connectivity index (χ1n) is 5.37. The van der Waals surface area contributed by atoms with Gasteiger partial charge in [-0.3, -0.25) is 14.3 Å². The van der Waals surface area contributed by atoms with Crippen molar-refractivity contribution in [1.82, 2.24) is 9.55 Å². The molecule has 18 heavy (non-hydrogen) atoms. The number of hydrogen-bond acceptors (Lipinski definition) is 6. The third kappa shape index (κ3) is 2.24. The molecule has 4 atom stereocenters. The maximum absolute atomic E-state index is 11.7. The van der Waals surface area contributed by atoms with E-state index in [1.165, 1.54) is 35.7 Å². The first kappa shape index (κ1) is 13.3. The molecular formula is C10H14N2O5S. The maximum atomic E-state index is 11.7. The Morgan fingerprint density at radius 3 is 2.83 bits per heavy atom. The Morgan fingerprint density at radius 2 is 2.28 bits per heavy atom. The summed E-state index contributed by atoms with van der Waals surface area (Å²) in [4.78, 5) is 24.8. The molecule has 2 heterocycles. The second-order valence-electron chi connectivity index (χ2n) is 3.96. The zero-order valence-corrected chi connectivity index (χ0v) is 10.5. The Labute approximate surface area is 106 Å². The predicted molar refractivity (Wildman–Crippen MR) is 65.6 cm³/mol. The SMILES string of the molecule is CO[C@@H]1[C@H](O)[C@H](CO)S[C@@H]1n1ccc(=O)[nH]c1=O. The van der Waals surface area contributed by atoms with Crippen LogP contribution < -0.4 is 11.2 Å². The number of methoxy groups -OCH3 is 1. The molecule has 8 heteroatoms. The van der Waals surface area contributed by atoms with Crippen LogP contribution >= 0.6 is 11.8 Å². The van der Waals surface area contributed by atoms with Gasteiger partial charge in [0.05, 0.1) is 18.0 Å². The molecule has 0 unspecified atom stereocenters. The highest BCUT2D eigenvalue weighted by molar-refractivity contribution is 8.00. The van der Waals surface area contributed by atoms with E-state index in [4.69, 9.17) is 9.84 Å². The second-order valence-corrected chi connectivity index (χ2v) is 5.32. The van der Waals surface area contributed by atoms with Crippen LogP contribution in [0.2, 0.25) is 0 Å². The van der Waals surface area contributed by atoms with Gasteiger partial charge in [-0.1, -0.05) is 0 Å². The molecule has 2 rings (SSSR count). The lowest BCUT2D eigenvalue weighted by atomic mass is 10.1. The summed E-state index contributed by atoms with van der Waals surface area (Å²) in [6.07, 6.45) is -0.123. The molecule has 0 aromatic carbocycles. The fourth-order valence-corrected chi connectivity index (χ4v) is 3.46. The number of thioether (sulfide) groups is 1. The quantitative estimate of drug-likeness (QED) is 0.621. The maximum Gasteiger partial charge on any atom is 0.329 e. The molecule has 0 bridgehead atoms. The molecule has 7 nitrogen and oxygen atoms in total. The minimum Gasteiger partial charge on any atom is -0.395 e. The van der Waals surface area contributed by atoms with Crippen LogP contribution in [0.3, 0.4) is 0 Å². The van der Waals surface area contributed by atoms with Crippen molar-refractivity contribution >= 4 is 11.8 Å². The molecule has 1 aliphatic rings. The van der Waals surface area contributed by atoms with Gasteiger partial charge in [-0.2, -0.15) is 0 Å². The van der Waals surface area contributed by atoms with E-state index in [0.717, 1.165) is 0 Å². The number of aliphatic hydroxyl groups excluding tert-OH is 2. The lowest BCUT2D eigenvalue weighted by Crippen LogP contribution is -2.38. The Hall–Kier alpha value is -1.09. The average Bonchev–Trinajstić information content (AvgIpc) is 2.65. The van der Waals surface area contributed by atoms with Crippen molar-refractivity contribution in [2.75, 3.05) is 13.7 Å². The molecule has 1 aromatic heterocycles. The normalized spacial score (nSPS) is 31.7. The van der Waals surface area contributed by atoms with Crippen LogP contribution in [0, 0.1) is 0 Å². The molecular weight excluding hydrogens is 260 g/mol. The van der Waals surface area contributed by atoms with Gasteiger partial charge in [0.15, 0.2) is 0 Å². The van der Waals surface area contributed by atoms with E-state index < -0.39 is 34.1 Å². The van der Waals surface area contributed by atoms with E-state index in [2.05, 4.69) is 4.98 Å². The van der Waals surface area contributed by atoms with Crippen LogP contribution in [0.5, 0.6) is 0 Å². The van der Waals surface area contributed by atoms with Gasteiger partial charge in [0.2, 0.25) is 0 Å². The van der Waals surface area contributed by atoms with Gasteiger partial charge in [0, 0.05) is 19.4 Å². The molecule has 0 radical (unpaired) electrons. The molecule has 0 spiro atoms. The smallest absolute Gasteiger partial charge is 0.329 e. The lowest BCUT2D eigenvalue weighted by molar-refractivity contribution is -0.0189. The zero-order valence-electron chi connectivity index (χ0n) is 9.65. The third-order valence-corrected chi connectivity index (χ3v) is 4.44. The fourth-order valence-electron chi connectivity index (χ4n) is 1.98. The number of hydrogen-bond donors (Lipinski definition) is 3. The molecule has 0 amide bonds. The summed E-state index contributed by atoms with van der Waals surface area (Å²) in [5.41, 5.74) is -1.04. The van der Waals surface area contributed by atoms with Crippen molar-refractivity contribution in [2.45, 2.75) is 22.8 Å². The van der Waals surface area contributed by atoms with Crippen LogP contribution in [-0.4, -0.2) is 50.9 Å². The number of aromatic amines is 1. The summed E-state index contributed by atoms with van der Waals surface area (Å²) in [5, 5.41) is 18.2. The number of nitrogens with one attached hydrogen (secondary N) is 1. The number of nitrogens with zero attached hydrogens (tertiary/aromatic N) is 1. The van der Waals surface area contributed by atoms with Crippen LogP contribution in [0.1, 0.15) is 5.37 Å². The van der Waals surface area contributed by atoms with Crippen molar-refractivity contribution in [2.24, 2.45) is 0 Å². The summed E-state index contributed by atoms with van der Waals surface area (Å²) in [6.45, 7) is -0.208. The molecule has 0 saturated carbocycles. The van der Waals surface area contributed by atoms with E-state index >= 15 is 0 Å². The monoisotopic (exact) mass is 274 g/mol. The number of H-pyrrole nitrogens is 1. The summed E-state index contributed by atoms with van der Waals surface area (Å²) in [5.74, 6) is 0. The van der Waals surface area contributed by atoms with Gasteiger partial charge in [-0.05, 0) is 0 Å². The summed E-state index contributed by atoms with van der Waals surface area (Å²) >= 11 is 1.24. The van der Waals surface area contributed by atoms with Gasteiger partial charge in [0.25, 0.3) is 5.56 Å². The molecule has 1 fully saturated rings. The van der Waals surface area contributed by atoms with Crippen molar-refractivity contribution in [1.29, 1.82) is 0 Å². The standard InChI is InChI=1S/C10H14N2O5S/c1-17-8-7(15)5(4-13)18-9(8)12-3-2-6(14)11-10(12)16/h2-3,5,7-9,13,15H,4H2,1H3,(H,11,14,16)/t5-,7+,8+,9-/m0/s1. The van der Waals surface area contributed by atoms with E-state index in [0.29, 0.717) is 0 Å². The molecule has 0 aliphatic carbocycles. The van der Waals surface area contributed by atoms with Crippen molar-refractivity contribution in [3.8, 4) is 0 Å². The minimum atomic E-state index is -0.867. The van der Waals surface area contributed by atoms with E-state index in [1.807, 2.05) is 0 Å². The van der Waals surface area contributed by atoms with Crippen LogP contribution in [0.15, 0.2) is 21.9 Å². The molecule has 3 N–H and O–H groups in total. The molecule has 1 saturated heterocycles. The number of aromatic nitrogens is 2. The molecule has 100 valence electrons. The number of aliphatic hydroxyl groups is 2. The van der Waals surface area contributed by atoms with Gasteiger partial charge >= 0.3 is 5.69 Å². The van der Waals surface area contributed by atoms with Gasteiger partial charge in [-0.25, -0.2) is 4.79 Å². The first-order chi connectivity index (χ1) is 8.58. The van der Waals surface area contributed by atoms with E-state index in [1.54, 1.807) is 0 Å². The van der Waals surface area contributed by atoms with Gasteiger partial charge in [0.1, 0.15) is 11.5 Å². The topological polar surface area (TPSA) is 105 Å². The number of ether oxygens (including phenoxy) is 1. The van der Waals surface area contributed by atoms with E-state index in [9.17, 15) is 14.7 Å². The highest BCUT2D eigenvalue weighted by Gasteiger charge is 2.44. The van der Waals surface area contributed by atoms with Crippen LogP contribution in [0.25, 0.3) is 0 Å². The van der Waals surface area contributed by atoms with Crippen molar-refractivity contribution < 1.29 is 14.9 Å². The second kappa shape index (κ2) is 5.27. The zero-order chi connectivity index (χ0) is 13.3. The Morgan fingerprint density at radius 1 is 1.56 bits per heavy atom. The first-order valence-corrected chi connectivity index (χ1v) is 6.31. The van der Waals surface area contributed by atoms with Crippen LogP contribution in [0.4, 0.5) is 0 Å². The Balaban J connectivity index is 2.38. The molecule has 1 aromatic rings. The van der Waals surface area contributed by atoms with Crippen LogP contribution in [-0.2, 0) is 4.74 Å². The van der Waals surface area contributed by atoms with Crippen molar-refractivity contribution in [3.63, 3.8) is 0 Å². The third-order valence-electron chi connectivity index (χ3n) is 2.89. The summed E-state index contributed by atoms with van der Waals surface area (Å²) < 4.78 is 6.46. The van der Waals surface area contributed by atoms with Gasteiger partial charge in [-0.15, -0.1) is 11.8 Å². The van der Waals surface area contributed by atoms with Crippen molar-refractivity contribution in [3.05, 3.63) is 33.1 Å². The highest BCUT2D eigenvalue weighted by atomic mass is 32.2. The largest absolute Gasteiger partial charge is 0.395 e. The summed E-state index contributed by atoms with van der Waals surface area (Å²) in [7, 11) is 1.43. The fraction of sp³-hybridized carbons (Fsp3) is 0.600. The predicted octanol–water partition coefficient (Wildman–Crippen LogP) is -1.48. The van der Waals surface area contributed by atoms with Gasteiger partial charge < -0.3 is 14.9 Å². The van der Waals surface area contributed by atoms with E-state index in [-0.39, 0.29) is 6.61 Å². The average molecular weight is 274 g/mol. The Kier molecular flexibility index (Phi) is 3.91. The highest BCUT2D eigenvalue weighted by Crippen LogP contribution is 2.42. The summed E-state index contributed by atoms with van der Waals surface area (Å²) in [6, 6.07) is 1.23. The lowest BCUT2D eigenvalue weighted by Gasteiger charge is -2.21. The minimum absolute atomic E-state index is 0.208. The Bertz CT molecular complexity index is 527. The number of rotatable bonds is 3. The molecule has 1 aliphatic heterocycles.